The van der Waals surface area contributed by atoms with Gasteiger partial charge in [-0.05, 0) is 38.5 Å². The number of carbonyl (C=O) groups is 3. The van der Waals surface area contributed by atoms with Gasteiger partial charge in [0.2, 0.25) is 5.91 Å². The van der Waals surface area contributed by atoms with E-state index in [1.54, 1.807) is 32.9 Å². The lowest BCUT2D eigenvalue weighted by molar-refractivity contribution is -0.145. The molecule has 1 aromatic carbocycles. The molecule has 2 amide bonds. The second-order valence-electron chi connectivity index (χ2n) is 6.84. The van der Waals surface area contributed by atoms with Crippen LogP contribution in [-0.4, -0.2) is 59.6 Å². The lowest BCUT2D eigenvalue weighted by Gasteiger charge is -2.24. The first kappa shape index (κ1) is 22.2. The third-order valence-electron chi connectivity index (χ3n) is 3.37. The summed E-state index contributed by atoms with van der Waals surface area (Å²) in [6, 6.07) is 3.76. The molecule has 0 aromatic heterocycles. The number of amides is 2. The van der Waals surface area contributed by atoms with Gasteiger partial charge in [0.1, 0.15) is 23.4 Å². The van der Waals surface area contributed by atoms with E-state index in [2.05, 4.69) is 10.6 Å². The molecule has 0 bridgehead atoms. The van der Waals surface area contributed by atoms with Crippen LogP contribution in [0.15, 0.2) is 24.3 Å². The quantitative estimate of drug-likeness (QED) is 0.504. The van der Waals surface area contributed by atoms with Crippen molar-refractivity contribution in [3.05, 3.63) is 29.8 Å². The zero-order valence-corrected chi connectivity index (χ0v) is 15.8. The van der Waals surface area contributed by atoms with Gasteiger partial charge in [0.05, 0.1) is 13.7 Å². The molecule has 9 nitrogen and oxygen atoms in total. The van der Waals surface area contributed by atoms with Crippen molar-refractivity contribution in [3.63, 3.8) is 0 Å². The van der Waals surface area contributed by atoms with Crippen LogP contribution in [0, 0.1) is 0 Å². The van der Waals surface area contributed by atoms with Crippen molar-refractivity contribution in [2.45, 2.75) is 44.9 Å². The Morgan fingerprint density at radius 3 is 2.15 bits per heavy atom. The van der Waals surface area contributed by atoms with Gasteiger partial charge in [-0.2, -0.15) is 0 Å². The van der Waals surface area contributed by atoms with Gasteiger partial charge >= 0.3 is 12.1 Å². The van der Waals surface area contributed by atoms with E-state index in [0.717, 1.165) is 0 Å². The zero-order valence-electron chi connectivity index (χ0n) is 15.8. The van der Waals surface area contributed by atoms with Crippen molar-refractivity contribution < 1.29 is 34.1 Å². The van der Waals surface area contributed by atoms with Gasteiger partial charge in [-0.25, -0.2) is 9.59 Å². The summed E-state index contributed by atoms with van der Waals surface area (Å²) in [6.45, 7) is 4.29. The van der Waals surface area contributed by atoms with Crippen LogP contribution >= 0.6 is 0 Å². The van der Waals surface area contributed by atoms with Crippen molar-refractivity contribution >= 4 is 18.0 Å². The Labute approximate surface area is 157 Å². The Morgan fingerprint density at radius 1 is 1.07 bits per heavy atom. The van der Waals surface area contributed by atoms with E-state index >= 15 is 0 Å². The first-order chi connectivity index (χ1) is 12.6. The first-order valence-corrected chi connectivity index (χ1v) is 8.32. The molecule has 150 valence electrons. The number of carbonyl (C=O) groups excluding carboxylic acids is 3. The van der Waals surface area contributed by atoms with Crippen LogP contribution in [0.25, 0.3) is 0 Å². The van der Waals surface area contributed by atoms with Crippen molar-refractivity contribution in [1.82, 2.24) is 10.6 Å². The minimum absolute atomic E-state index is 0.0688. The molecule has 0 unspecified atom stereocenters. The standard InChI is InChI=1S/C18H26N2O7/c1-18(2,3)27-17(25)20-14(10-21)15(23)19-13(16(24)26-4)9-11-5-7-12(22)8-6-11/h5-8,13-14,21-22H,9-10H2,1-4H3,(H,19,23)(H,20,25)/t13-,14-/m0/s1. The number of phenols is 1. The predicted molar refractivity (Wildman–Crippen MR) is 96.0 cm³/mol. The van der Waals surface area contributed by atoms with Gasteiger partial charge < -0.3 is 30.3 Å². The van der Waals surface area contributed by atoms with Gasteiger partial charge in [0.15, 0.2) is 0 Å². The number of methoxy groups -OCH3 is 1. The monoisotopic (exact) mass is 382 g/mol. The molecule has 0 heterocycles. The summed E-state index contributed by atoms with van der Waals surface area (Å²) in [5, 5.41) is 23.4. The predicted octanol–water partition coefficient (Wildman–Crippen LogP) is 0.478. The second-order valence-corrected chi connectivity index (χ2v) is 6.84. The highest BCUT2D eigenvalue weighted by molar-refractivity contribution is 5.89. The van der Waals surface area contributed by atoms with E-state index in [0.29, 0.717) is 5.56 Å². The summed E-state index contributed by atoms with van der Waals surface area (Å²) >= 11 is 0. The summed E-state index contributed by atoms with van der Waals surface area (Å²) in [5.74, 6) is -1.39. The average molecular weight is 382 g/mol. The molecule has 2 atom stereocenters. The van der Waals surface area contributed by atoms with E-state index in [-0.39, 0.29) is 12.2 Å². The largest absolute Gasteiger partial charge is 0.508 e. The Morgan fingerprint density at radius 2 is 1.67 bits per heavy atom. The first-order valence-electron chi connectivity index (χ1n) is 8.32. The van der Waals surface area contributed by atoms with Gasteiger partial charge in [0.25, 0.3) is 0 Å². The highest BCUT2D eigenvalue weighted by atomic mass is 16.6. The molecule has 0 saturated carbocycles. The molecule has 0 aliphatic carbocycles. The van der Waals surface area contributed by atoms with Crippen LogP contribution in [0.2, 0.25) is 0 Å². The Kier molecular flexibility index (Phi) is 8.04. The number of rotatable bonds is 7. The van der Waals surface area contributed by atoms with Crippen LogP contribution in [0.5, 0.6) is 5.75 Å². The highest BCUT2D eigenvalue weighted by Gasteiger charge is 2.28. The third kappa shape index (κ3) is 7.95. The second kappa shape index (κ2) is 9.77. The number of nitrogens with one attached hydrogen (secondary N) is 2. The van der Waals surface area contributed by atoms with Crippen molar-refractivity contribution in [2.75, 3.05) is 13.7 Å². The number of esters is 1. The zero-order chi connectivity index (χ0) is 20.6. The lowest BCUT2D eigenvalue weighted by Crippen LogP contribution is -2.54. The van der Waals surface area contributed by atoms with E-state index < -0.39 is 42.3 Å². The maximum atomic E-state index is 12.4. The SMILES string of the molecule is COC(=O)[C@H](Cc1ccc(O)cc1)NC(=O)[C@H](CO)NC(=O)OC(C)(C)C. The summed E-state index contributed by atoms with van der Waals surface area (Å²) in [7, 11) is 1.18. The minimum Gasteiger partial charge on any atom is -0.508 e. The van der Waals surface area contributed by atoms with Gasteiger partial charge in [0, 0.05) is 6.42 Å². The average Bonchev–Trinajstić information content (AvgIpc) is 2.58. The van der Waals surface area contributed by atoms with Gasteiger partial charge in [-0.1, -0.05) is 12.1 Å². The molecule has 0 aliphatic heterocycles. The molecule has 4 N–H and O–H groups in total. The fourth-order valence-corrected chi connectivity index (χ4v) is 2.12. The Bertz CT molecular complexity index is 653. The number of ether oxygens (including phenoxy) is 2. The smallest absolute Gasteiger partial charge is 0.408 e. The molecule has 0 radical (unpaired) electrons. The number of aromatic hydroxyl groups is 1. The Balaban J connectivity index is 2.79. The number of hydrogen-bond acceptors (Lipinski definition) is 7. The fourth-order valence-electron chi connectivity index (χ4n) is 2.12. The number of hydrogen-bond donors (Lipinski definition) is 4. The Hall–Kier alpha value is -2.81. The lowest BCUT2D eigenvalue weighted by atomic mass is 10.1. The summed E-state index contributed by atoms with van der Waals surface area (Å²) in [5.41, 5.74) is -0.0993. The highest BCUT2D eigenvalue weighted by Crippen LogP contribution is 2.12. The van der Waals surface area contributed by atoms with Crippen molar-refractivity contribution in [3.8, 4) is 5.75 Å². The van der Waals surface area contributed by atoms with Crippen LogP contribution in [-0.2, 0) is 25.5 Å². The van der Waals surface area contributed by atoms with E-state index in [4.69, 9.17) is 9.47 Å². The van der Waals surface area contributed by atoms with Gasteiger partial charge in [-0.3, -0.25) is 4.79 Å². The van der Waals surface area contributed by atoms with Crippen LogP contribution in [0.4, 0.5) is 4.79 Å². The van der Waals surface area contributed by atoms with E-state index in [9.17, 15) is 24.6 Å². The van der Waals surface area contributed by atoms with E-state index in [1.165, 1.54) is 19.2 Å². The van der Waals surface area contributed by atoms with Gasteiger partial charge in [-0.15, -0.1) is 0 Å². The number of benzene rings is 1. The summed E-state index contributed by atoms with van der Waals surface area (Å²) < 4.78 is 9.74. The number of phenolic OH excluding ortho intramolecular Hbond substituents is 1. The molecule has 27 heavy (non-hydrogen) atoms. The normalized spacial score (nSPS) is 13.2. The molecule has 1 aromatic rings. The summed E-state index contributed by atoms with van der Waals surface area (Å²) in [4.78, 5) is 36.1. The maximum absolute atomic E-state index is 12.4. The van der Waals surface area contributed by atoms with Crippen molar-refractivity contribution in [2.24, 2.45) is 0 Å². The fraction of sp³-hybridized carbons (Fsp3) is 0.500. The minimum atomic E-state index is -1.30. The number of alkyl carbamates (subject to hydrolysis) is 1. The van der Waals surface area contributed by atoms with Crippen LogP contribution in [0.1, 0.15) is 26.3 Å². The molecule has 0 fully saturated rings. The molecule has 0 spiro atoms. The molecule has 0 aliphatic rings. The molecule has 9 heteroatoms. The summed E-state index contributed by atoms with van der Waals surface area (Å²) in [6.07, 6.45) is -0.770. The molecule has 0 saturated heterocycles. The van der Waals surface area contributed by atoms with Crippen molar-refractivity contribution in [1.29, 1.82) is 0 Å². The molecular formula is C18H26N2O7. The van der Waals surface area contributed by atoms with Crippen LogP contribution < -0.4 is 10.6 Å². The topological polar surface area (TPSA) is 134 Å². The van der Waals surface area contributed by atoms with E-state index in [1.807, 2.05) is 0 Å². The molecular weight excluding hydrogens is 356 g/mol. The maximum Gasteiger partial charge on any atom is 0.408 e. The molecule has 1 rings (SSSR count). The number of aliphatic hydroxyl groups excluding tert-OH is 1. The third-order valence-corrected chi connectivity index (χ3v) is 3.37. The van der Waals surface area contributed by atoms with Crippen LogP contribution in [0.3, 0.4) is 0 Å². The number of aliphatic hydroxyl groups is 1.